The van der Waals surface area contributed by atoms with E-state index in [0.29, 0.717) is 25.4 Å². The van der Waals surface area contributed by atoms with E-state index in [0.717, 1.165) is 52.9 Å². The van der Waals surface area contributed by atoms with Crippen LogP contribution >= 0.6 is 0 Å². The summed E-state index contributed by atoms with van der Waals surface area (Å²) in [5, 5.41) is 0. The van der Waals surface area contributed by atoms with Crippen LogP contribution in [-0.2, 0) is 4.79 Å². The first-order valence-corrected chi connectivity index (χ1v) is 11.9. The molecule has 0 radical (unpaired) electrons. The Bertz CT molecular complexity index is 1240. The molecule has 0 aliphatic carbocycles. The molecule has 2 heterocycles. The van der Waals surface area contributed by atoms with Crippen molar-refractivity contribution in [3.8, 4) is 23.0 Å². The van der Waals surface area contributed by atoms with Crippen LogP contribution in [0.2, 0.25) is 0 Å². The number of aryl methyl sites for hydroxylation is 1. The second-order valence-electron chi connectivity index (χ2n) is 8.69. The number of hydrogen-bond acceptors (Lipinski definition) is 6. The molecule has 0 saturated carbocycles. The monoisotopic (exact) mass is 471 g/mol. The van der Waals surface area contributed by atoms with Crippen molar-refractivity contribution in [2.24, 2.45) is 4.99 Å². The summed E-state index contributed by atoms with van der Waals surface area (Å²) in [4.78, 5) is 22.0. The van der Waals surface area contributed by atoms with Gasteiger partial charge in [0.2, 0.25) is 0 Å². The average molecular weight is 472 g/mol. The topological polar surface area (TPSA) is 63.6 Å². The molecule has 1 fully saturated rings. The van der Waals surface area contributed by atoms with E-state index >= 15 is 0 Å². The van der Waals surface area contributed by atoms with Crippen LogP contribution in [0, 0.1) is 6.92 Å². The fraction of sp³-hybridized carbons (Fsp3) is 0.286. The Hall–Kier alpha value is -4.00. The van der Waals surface area contributed by atoms with Crippen LogP contribution in [0.1, 0.15) is 17.5 Å². The third-order valence-electron chi connectivity index (χ3n) is 6.24. The van der Waals surface area contributed by atoms with E-state index in [9.17, 15) is 4.79 Å². The van der Waals surface area contributed by atoms with Gasteiger partial charge >= 0.3 is 0 Å². The number of fused-ring (bicyclic) bond motifs is 2. The summed E-state index contributed by atoms with van der Waals surface area (Å²) < 4.78 is 17.5. The number of nitrogens with zero attached hydrogens (tertiary/aromatic N) is 3. The smallest absolute Gasteiger partial charge is 0.260 e. The van der Waals surface area contributed by atoms with Gasteiger partial charge in [-0.15, -0.1) is 0 Å². The lowest BCUT2D eigenvalue weighted by atomic mass is 10.1. The Morgan fingerprint density at radius 3 is 2.63 bits per heavy atom. The SMILES string of the molecule is COc1ccc2c(c1)C(N1CCCN(C(=O)COc3ccccc3)CC1)=Nc1ccc(C)cc1O2. The third kappa shape index (κ3) is 5.09. The first-order chi connectivity index (χ1) is 17.1. The molecule has 3 aromatic rings. The molecule has 0 unspecified atom stereocenters. The molecule has 0 N–H and O–H groups in total. The van der Waals surface area contributed by atoms with Gasteiger partial charge in [-0.25, -0.2) is 4.99 Å². The van der Waals surface area contributed by atoms with E-state index in [1.165, 1.54) is 0 Å². The Kier molecular flexibility index (Phi) is 6.57. The molecule has 0 spiro atoms. The van der Waals surface area contributed by atoms with Crippen LogP contribution in [0.5, 0.6) is 23.0 Å². The summed E-state index contributed by atoms with van der Waals surface area (Å²) >= 11 is 0. The number of aliphatic imine (C=N–C) groups is 1. The van der Waals surface area contributed by atoms with E-state index in [2.05, 4.69) is 4.90 Å². The minimum Gasteiger partial charge on any atom is -0.497 e. The van der Waals surface area contributed by atoms with Gasteiger partial charge in [-0.1, -0.05) is 24.3 Å². The number of amides is 1. The Morgan fingerprint density at radius 1 is 0.943 bits per heavy atom. The van der Waals surface area contributed by atoms with E-state index in [1.807, 2.05) is 78.6 Å². The number of carbonyl (C=O) groups is 1. The molecule has 35 heavy (non-hydrogen) atoms. The van der Waals surface area contributed by atoms with Crippen molar-refractivity contribution in [3.05, 3.63) is 77.9 Å². The first kappa shape index (κ1) is 22.8. The minimum atomic E-state index is -0.00951. The summed E-state index contributed by atoms with van der Waals surface area (Å²) in [6.45, 7) is 4.78. The lowest BCUT2D eigenvalue weighted by Crippen LogP contribution is -2.39. The Morgan fingerprint density at radius 2 is 1.80 bits per heavy atom. The quantitative estimate of drug-likeness (QED) is 0.547. The third-order valence-corrected chi connectivity index (χ3v) is 6.24. The molecule has 2 aliphatic rings. The van der Waals surface area contributed by atoms with Gasteiger partial charge in [-0.05, 0) is 61.4 Å². The molecule has 7 nitrogen and oxygen atoms in total. The molecular weight excluding hydrogens is 442 g/mol. The lowest BCUT2D eigenvalue weighted by molar-refractivity contribution is -0.133. The Labute approximate surface area is 205 Å². The van der Waals surface area contributed by atoms with Crippen LogP contribution < -0.4 is 14.2 Å². The summed E-state index contributed by atoms with van der Waals surface area (Å²) in [6.07, 6.45) is 0.830. The van der Waals surface area contributed by atoms with E-state index in [-0.39, 0.29) is 12.5 Å². The number of carbonyl (C=O) groups excluding carboxylic acids is 1. The van der Waals surface area contributed by atoms with Crippen molar-refractivity contribution < 1.29 is 19.0 Å². The highest BCUT2D eigenvalue weighted by molar-refractivity contribution is 6.04. The average Bonchev–Trinajstić information content (AvgIpc) is 3.22. The molecule has 0 bridgehead atoms. The second-order valence-corrected chi connectivity index (χ2v) is 8.69. The van der Waals surface area contributed by atoms with Crippen molar-refractivity contribution in [1.82, 2.24) is 9.80 Å². The molecule has 2 aliphatic heterocycles. The number of amidine groups is 1. The van der Waals surface area contributed by atoms with Crippen LogP contribution in [0.4, 0.5) is 5.69 Å². The van der Waals surface area contributed by atoms with E-state index < -0.39 is 0 Å². The standard InChI is InChI=1S/C28H29N3O4/c1-20-9-11-24-26(17-20)35-25-12-10-22(33-2)18-23(25)28(29-24)31-14-6-13-30(15-16-31)27(32)19-34-21-7-4-3-5-8-21/h3-5,7-12,17-18H,6,13-16,19H2,1-2H3. The molecule has 1 amide bonds. The molecule has 1 saturated heterocycles. The van der Waals surface area contributed by atoms with Crippen LogP contribution in [0.25, 0.3) is 0 Å². The van der Waals surface area contributed by atoms with Crippen molar-refractivity contribution in [2.75, 3.05) is 39.9 Å². The van der Waals surface area contributed by atoms with E-state index in [4.69, 9.17) is 19.2 Å². The van der Waals surface area contributed by atoms with Gasteiger partial charge in [0.15, 0.2) is 12.4 Å². The zero-order valence-corrected chi connectivity index (χ0v) is 20.1. The summed E-state index contributed by atoms with van der Waals surface area (Å²) in [5.41, 5.74) is 2.78. The number of hydrogen-bond donors (Lipinski definition) is 0. The van der Waals surface area contributed by atoms with Crippen molar-refractivity contribution >= 4 is 17.4 Å². The zero-order chi connectivity index (χ0) is 24.2. The fourth-order valence-electron chi connectivity index (χ4n) is 4.36. The van der Waals surface area contributed by atoms with Gasteiger partial charge in [0.05, 0.1) is 12.7 Å². The summed E-state index contributed by atoms with van der Waals surface area (Å²) in [5.74, 6) is 3.73. The molecule has 0 aromatic heterocycles. The highest BCUT2D eigenvalue weighted by Gasteiger charge is 2.27. The Balaban J connectivity index is 1.37. The predicted octanol–water partition coefficient (Wildman–Crippen LogP) is 4.80. The van der Waals surface area contributed by atoms with Gasteiger partial charge in [0.25, 0.3) is 5.91 Å². The number of benzene rings is 3. The van der Waals surface area contributed by atoms with Gasteiger partial charge in [0, 0.05) is 26.2 Å². The lowest BCUT2D eigenvalue weighted by Gasteiger charge is -2.25. The number of rotatable bonds is 4. The largest absolute Gasteiger partial charge is 0.497 e. The molecule has 3 aromatic carbocycles. The number of para-hydroxylation sites is 1. The second kappa shape index (κ2) is 10.1. The highest BCUT2D eigenvalue weighted by atomic mass is 16.5. The van der Waals surface area contributed by atoms with Crippen molar-refractivity contribution in [3.63, 3.8) is 0 Å². The van der Waals surface area contributed by atoms with Crippen LogP contribution in [0.3, 0.4) is 0 Å². The highest BCUT2D eigenvalue weighted by Crippen LogP contribution is 2.40. The zero-order valence-electron chi connectivity index (χ0n) is 20.1. The van der Waals surface area contributed by atoms with Gasteiger partial charge < -0.3 is 24.0 Å². The molecule has 0 atom stereocenters. The van der Waals surface area contributed by atoms with E-state index in [1.54, 1.807) is 7.11 Å². The maximum absolute atomic E-state index is 12.9. The van der Waals surface area contributed by atoms with Crippen molar-refractivity contribution in [1.29, 1.82) is 0 Å². The molecule has 180 valence electrons. The normalized spacial score (nSPS) is 15.1. The number of ether oxygens (including phenoxy) is 3. The maximum Gasteiger partial charge on any atom is 0.260 e. The number of methoxy groups -OCH3 is 1. The van der Waals surface area contributed by atoms with Gasteiger partial charge in [-0.2, -0.15) is 0 Å². The predicted molar refractivity (Wildman–Crippen MR) is 135 cm³/mol. The first-order valence-electron chi connectivity index (χ1n) is 11.9. The summed E-state index contributed by atoms with van der Waals surface area (Å²) in [7, 11) is 1.65. The van der Waals surface area contributed by atoms with Gasteiger partial charge in [0.1, 0.15) is 28.8 Å². The summed E-state index contributed by atoms with van der Waals surface area (Å²) in [6, 6.07) is 21.2. The maximum atomic E-state index is 12.9. The molecule has 5 rings (SSSR count). The molecular formula is C28H29N3O4. The van der Waals surface area contributed by atoms with Crippen molar-refractivity contribution in [2.45, 2.75) is 13.3 Å². The fourth-order valence-corrected chi connectivity index (χ4v) is 4.36. The minimum absolute atomic E-state index is 0.00951. The van der Waals surface area contributed by atoms with Crippen LogP contribution in [0.15, 0.2) is 71.7 Å². The van der Waals surface area contributed by atoms with Crippen LogP contribution in [-0.4, -0.2) is 61.4 Å². The molecule has 7 heteroatoms. The van der Waals surface area contributed by atoms with Gasteiger partial charge in [-0.3, -0.25) is 4.79 Å².